The maximum atomic E-state index is 13.4. The summed E-state index contributed by atoms with van der Waals surface area (Å²) in [5, 5.41) is 11.1. The number of alkyl halides is 1. The van der Waals surface area contributed by atoms with Crippen molar-refractivity contribution in [3.05, 3.63) is 208 Å². The second-order valence-electron chi connectivity index (χ2n) is 31.5. The highest BCUT2D eigenvalue weighted by atomic mass is 35.5. The lowest BCUT2D eigenvalue weighted by molar-refractivity contribution is -0.141. The summed E-state index contributed by atoms with van der Waals surface area (Å²) in [5.41, 5.74) is 6.15. The van der Waals surface area contributed by atoms with Gasteiger partial charge in [0.15, 0.2) is 5.13 Å². The maximum absolute atomic E-state index is 13.4. The van der Waals surface area contributed by atoms with Gasteiger partial charge in [0.05, 0.1) is 108 Å². The van der Waals surface area contributed by atoms with Gasteiger partial charge >= 0.3 is 41.8 Å². The third-order valence-electron chi connectivity index (χ3n) is 21.4. The third-order valence-corrected chi connectivity index (χ3v) is 24.8. The molecule has 11 rings (SSSR count). The number of halogens is 1. The molecule has 2 aliphatic carbocycles. The summed E-state index contributed by atoms with van der Waals surface area (Å²) in [6.45, 7) is 22.5. The lowest BCUT2D eigenvalue weighted by atomic mass is 9.82. The zero-order valence-corrected chi connectivity index (χ0v) is 78.9. The fourth-order valence-electron chi connectivity index (χ4n) is 14.0. The van der Waals surface area contributed by atoms with Gasteiger partial charge in [-0.3, -0.25) is 20.0 Å². The molecule has 0 radical (unpaired) electrons. The van der Waals surface area contributed by atoms with Crippen molar-refractivity contribution in [2.24, 2.45) is 40.5 Å². The van der Waals surface area contributed by atoms with Crippen LogP contribution in [0.1, 0.15) is 185 Å². The summed E-state index contributed by atoms with van der Waals surface area (Å²) in [4.78, 5) is 95.6. The van der Waals surface area contributed by atoms with Crippen LogP contribution in [0.2, 0.25) is 0 Å². The molecule has 0 aliphatic heterocycles. The number of nitrogens with one attached hydrogen (secondary N) is 1. The molecule has 0 saturated heterocycles. The number of nitrogen functional groups attached to an aromatic ring is 1. The molecule has 0 atom stereocenters. The minimum atomic E-state index is -0.416. The molecule has 0 unspecified atom stereocenters. The second-order valence-corrected chi connectivity index (χ2v) is 34.9. The molecule has 31 heteroatoms. The van der Waals surface area contributed by atoms with Gasteiger partial charge in [-0.05, 0) is 269 Å². The molecule has 2 saturated carbocycles. The summed E-state index contributed by atoms with van der Waals surface area (Å²) >= 11 is 10.2. The van der Waals surface area contributed by atoms with Gasteiger partial charge in [-0.2, -0.15) is 5.10 Å². The highest BCUT2D eigenvalue weighted by Crippen LogP contribution is 2.37. The van der Waals surface area contributed by atoms with E-state index in [0.29, 0.717) is 132 Å². The van der Waals surface area contributed by atoms with Crippen molar-refractivity contribution in [2.45, 2.75) is 180 Å². The summed E-state index contributed by atoms with van der Waals surface area (Å²) < 4.78 is 64.8. The molecule has 27 nitrogen and oxygen atoms in total. The predicted octanol–water partition coefficient (Wildman–Crippen LogP) is 21.7. The number of ether oxygens (including phenoxy) is 11. The molecular formula is C101H128ClN9O18S3. The fourth-order valence-corrected chi connectivity index (χ4v) is 16.8. The standard InChI is InChI=1S/C69H85N3O14S.C16H21N3O2S.C9H15ClO2.C7H7N3S/c1-4-64(73)80-44-18-8-7-15-41-72(69-71-61-21-13-14-22-63(61)87-69)70-48-55-47-60(83-49-51-23-27-53(28-24-51)67(76)85-58-35-31-56(32-36-58)78-42-16-9-11-19-45-81-65(74)5-2)39-40-62(55)84-50-52-25-29-54(30-26-52)68(77)86-59-37-33-57(34-38-59)79-43-17-10-12-20-46-82-66(75)6-3;1-2-15(20)21-12-8-4-3-7-11-19(17)16-18-13-9-5-6-10-14(13)22-16;1-2-9(11)12-8-6-4-3-5-7-10;8-10-7-9-5-3-1-2-4-6(5)11-7/h4-6,13-14,21-22,31-40,47-48,51-54H,1-3,7-12,15-20,23-30,41-46,49-50H2;2,5-6,9-10H,1,3-4,7-8,11-12,17H2;2H,1,3-8H2;1-4H,8H2,(H,9,10)/b70-48+;;;. The van der Waals surface area contributed by atoms with Crippen molar-refractivity contribution in [3.63, 3.8) is 0 Å². The SMILES string of the molecule is C=CC(=O)OCCCCCCCl.C=CC(=O)OCCCCCCN(N)c1nc2ccccc2s1.C=CC(=O)OCCCCCCOc1ccc(OC(=O)C2CCC(COc3ccc(OCC4CCC(C(=O)Oc5ccc(OCCCCCCOC(=O)C=C)cc5)CC4)c(/C=N/N(CCCCCCOC(=O)C=C)c4nc5ccccc5s4)c3)CC2)cc1.NNc1nc2ccccc2s1. The number of benzene rings is 6. The lowest BCUT2D eigenvalue weighted by Crippen LogP contribution is -2.31. The first-order chi connectivity index (χ1) is 64.5. The Kier molecular flexibility index (Phi) is 50.3. The average molecular weight is 1890 g/mol. The number of anilines is 3. The molecular weight excluding hydrogens is 1760 g/mol. The number of hydrogen-bond donors (Lipinski definition) is 3. The van der Waals surface area contributed by atoms with Crippen molar-refractivity contribution in [3.8, 4) is 34.5 Å². The van der Waals surface area contributed by atoms with Crippen molar-refractivity contribution in [2.75, 3.05) is 93.9 Å². The lowest BCUT2D eigenvalue weighted by Gasteiger charge is -2.28. The Hall–Kier alpha value is -11.5. The van der Waals surface area contributed by atoms with E-state index in [2.05, 4.69) is 60.4 Å². The van der Waals surface area contributed by atoms with Crippen LogP contribution in [0.15, 0.2) is 208 Å². The number of hydrazone groups is 1. The van der Waals surface area contributed by atoms with E-state index in [1.54, 1.807) is 63.3 Å². The quantitative estimate of drug-likeness (QED) is 0.00367. The zero-order chi connectivity index (χ0) is 94.0. The number of aromatic nitrogens is 3. The number of hydrazine groups is 2. The zero-order valence-electron chi connectivity index (χ0n) is 75.7. The van der Waals surface area contributed by atoms with E-state index in [9.17, 15) is 33.6 Å². The van der Waals surface area contributed by atoms with Gasteiger partial charge in [-0.25, -0.2) is 55.6 Å². The number of hydrogen-bond acceptors (Lipinski definition) is 30. The average Bonchev–Trinajstić information content (AvgIpc) is 1.67. The van der Waals surface area contributed by atoms with Gasteiger partial charge in [-0.15, -0.1) is 11.6 Å². The second kappa shape index (κ2) is 62.7. The summed E-state index contributed by atoms with van der Waals surface area (Å²) in [6, 6.07) is 44.2. The van der Waals surface area contributed by atoms with Crippen molar-refractivity contribution >= 4 is 140 Å². The van der Waals surface area contributed by atoms with Crippen molar-refractivity contribution < 1.29 is 85.7 Å². The first-order valence-electron chi connectivity index (χ1n) is 45.6. The molecule has 6 aromatic carbocycles. The van der Waals surface area contributed by atoms with Gasteiger partial charge in [0.1, 0.15) is 34.5 Å². The number of nitrogens with two attached hydrogens (primary N) is 2. The Morgan fingerprint density at radius 1 is 0.402 bits per heavy atom. The summed E-state index contributed by atoms with van der Waals surface area (Å²) in [5.74, 6) is 13.4. The van der Waals surface area contributed by atoms with Crippen LogP contribution in [0.3, 0.4) is 0 Å². The van der Waals surface area contributed by atoms with Gasteiger partial charge < -0.3 is 52.1 Å². The van der Waals surface area contributed by atoms with Gasteiger partial charge in [-0.1, -0.05) is 129 Å². The first-order valence-corrected chi connectivity index (χ1v) is 48.6. The number of unbranched alkanes of at least 4 members (excludes halogenated alkanes) is 15. The third kappa shape index (κ3) is 41.1. The molecule has 0 spiro atoms. The Morgan fingerprint density at radius 3 is 1.17 bits per heavy atom. The maximum Gasteiger partial charge on any atom is 0.330 e. The number of nitrogens with zero attached hydrogens (tertiary/aromatic N) is 6. The number of fused-ring (bicyclic) bond motifs is 3. The first kappa shape index (κ1) is 106. The minimum absolute atomic E-state index is 0.200. The Balaban J connectivity index is 0.000000381. The molecule has 0 bridgehead atoms. The molecule has 0 amide bonds. The molecule has 2 fully saturated rings. The van der Waals surface area contributed by atoms with E-state index in [1.807, 2.05) is 114 Å². The van der Waals surface area contributed by atoms with Crippen LogP contribution in [-0.2, 0) is 57.2 Å². The van der Waals surface area contributed by atoms with Crippen LogP contribution in [0.4, 0.5) is 15.4 Å². The molecule has 132 heavy (non-hydrogen) atoms. The van der Waals surface area contributed by atoms with E-state index in [4.69, 9.17) is 85.5 Å². The number of thiazole rings is 3. The number of esters is 7. The molecule has 9 aromatic rings. The van der Waals surface area contributed by atoms with E-state index >= 15 is 0 Å². The van der Waals surface area contributed by atoms with Gasteiger partial charge in [0.2, 0.25) is 10.3 Å². The van der Waals surface area contributed by atoms with Crippen LogP contribution < -0.4 is 55.6 Å². The Bertz CT molecular complexity index is 4910. The molecule has 2 aliphatic rings. The predicted molar refractivity (Wildman–Crippen MR) is 525 cm³/mol. The number of carbonyl (C=O) groups excluding carboxylic acids is 7. The van der Waals surface area contributed by atoms with Crippen LogP contribution in [0.5, 0.6) is 34.5 Å². The van der Waals surface area contributed by atoms with Crippen LogP contribution >= 0.6 is 45.6 Å². The monoisotopic (exact) mass is 1890 g/mol. The molecule has 710 valence electrons. The summed E-state index contributed by atoms with van der Waals surface area (Å²) in [6.07, 6.45) is 32.3. The Morgan fingerprint density at radius 2 is 0.758 bits per heavy atom. The van der Waals surface area contributed by atoms with Gasteiger partial charge in [0.25, 0.3) is 0 Å². The van der Waals surface area contributed by atoms with E-state index in [0.717, 1.165) is 212 Å². The minimum Gasteiger partial charge on any atom is -0.494 e. The fraction of sp³-hybridized carbons (Fsp3) is 0.436. The molecule has 5 N–H and O–H groups in total. The highest BCUT2D eigenvalue weighted by Gasteiger charge is 2.31. The Labute approximate surface area is 792 Å². The largest absolute Gasteiger partial charge is 0.494 e. The highest BCUT2D eigenvalue weighted by molar-refractivity contribution is 7.22. The smallest absolute Gasteiger partial charge is 0.330 e. The normalized spacial score (nSPS) is 14.3. The van der Waals surface area contributed by atoms with E-state index < -0.39 is 17.9 Å². The van der Waals surface area contributed by atoms with Crippen LogP contribution in [-0.4, -0.2) is 141 Å². The molecule has 3 aromatic heterocycles. The van der Waals surface area contributed by atoms with Crippen molar-refractivity contribution in [1.29, 1.82) is 0 Å². The number of rotatable bonds is 56. The van der Waals surface area contributed by atoms with Crippen LogP contribution in [0.25, 0.3) is 30.6 Å². The van der Waals surface area contributed by atoms with E-state index in [1.165, 1.54) is 30.4 Å². The molecule has 3 heterocycles. The van der Waals surface area contributed by atoms with Crippen molar-refractivity contribution in [1.82, 2.24) is 15.0 Å². The van der Waals surface area contributed by atoms with E-state index in [-0.39, 0.29) is 47.5 Å². The summed E-state index contributed by atoms with van der Waals surface area (Å²) in [7, 11) is 0. The van der Waals surface area contributed by atoms with Crippen LogP contribution in [0, 0.1) is 23.7 Å². The topological polar surface area (TPSA) is 343 Å². The van der Waals surface area contributed by atoms with Gasteiger partial charge in [0, 0.05) is 54.9 Å². The number of carbonyl (C=O) groups is 7. The number of para-hydroxylation sites is 3.